The molecule has 1 aromatic heterocycles. The van der Waals surface area contributed by atoms with Gasteiger partial charge in [-0.25, -0.2) is 5.84 Å². The Morgan fingerprint density at radius 2 is 2.46 bits per heavy atom. The Morgan fingerprint density at radius 3 is 2.92 bits per heavy atom. The van der Waals surface area contributed by atoms with Crippen LogP contribution in [-0.2, 0) is 0 Å². The van der Waals surface area contributed by atoms with Crippen LogP contribution in [0.3, 0.4) is 0 Å². The van der Waals surface area contributed by atoms with Crippen molar-refractivity contribution in [2.75, 3.05) is 0 Å². The highest BCUT2D eigenvalue weighted by molar-refractivity contribution is 7.79. The van der Waals surface area contributed by atoms with E-state index in [1.807, 2.05) is 5.43 Å². The Morgan fingerprint density at radius 1 is 1.77 bits per heavy atom. The predicted molar refractivity (Wildman–Crippen MR) is 53.7 cm³/mol. The van der Waals surface area contributed by atoms with E-state index in [2.05, 4.69) is 17.2 Å². The summed E-state index contributed by atoms with van der Waals surface area (Å²) in [5.41, 5.74) is 2.73. The third-order valence-corrected chi connectivity index (χ3v) is 1.90. The van der Waals surface area contributed by atoms with Crippen molar-refractivity contribution in [3.8, 4) is 0 Å². The van der Waals surface area contributed by atoms with Gasteiger partial charge in [-0.15, -0.1) is 0 Å². The zero-order valence-corrected chi connectivity index (χ0v) is 8.02. The Kier molecular flexibility index (Phi) is 3.30. The largest absolute Gasteiger partial charge is 0.290 e. The standard InChI is InChI=1S/C7H6ClN3OS/c8-5-1-4(7(12)11-9)2-10-6(5)3-13/h1-3H,9H2,(H,11,12). The predicted octanol–water partition coefficient (Wildman–Crippen LogP) is 0.686. The second-order valence-electron chi connectivity index (χ2n) is 2.18. The molecule has 1 rings (SSSR count). The van der Waals surface area contributed by atoms with E-state index in [0.29, 0.717) is 16.3 Å². The Balaban J connectivity index is 3.09. The number of rotatable bonds is 2. The van der Waals surface area contributed by atoms with Gasteiger partial charge in [0.2, 0.25) is 0 Å². The van der Waals surface area contributed by atoms with Gasteiger partial charge in [-0.3, -0.25) is 15.2 Å². The topological polar surface area (TPSA) is 68.0 Å². The summed E-state index contributed by atoms with van der Waals surface area (Å²) >= 11 is 10.4. The van der Waals surface area contributed by atoms with Gasteiger partial charge in [-0.2, -0.15) is 0 Å². The number of carbonyl (C=O) groups is 1. The van der Waals surface area contributed by atoms with Gasteiger partial charge in [0.1, 0.15) is 0 Å². The number of nitrogens with two attached hydrogens (primary N) is 1. The lowest BCUT2D eigenvalue weighted by Crippen LogP contribution is -2.30. The van der Waals surface area contributed by atoms with E-state index in [0.717, 1.165) is 0 Å². The molecule has 0 atom stereocenters. The first-order chi connectivity index (χ1) is 6.19. The molecule has 1 aromatic rings. The highest BCUT2D eigenvalue weighted by atomic mass is 35.5. The van der Waals surface area contributed by atoms with Crippen molar-refractivity contribution in [3.63, 3.8) is 0 Å². The van der Waals surface area contributed by atoms with E-state index < -0.39 is 5.91 Å². The van der Waals surface area contributed by atoms with Crippen LogP contribution < -0.4 is 11.3 Å². The number of nitrogens with zero attached hydrogens (tertiary/aromatic N) is 1. The Labute approximate surface area is 85.1 Å². The average Bonchev–Trinajstić information content (AvgIpc) is 2.16. The van der Waals surface area contributed by atoms with Crippen molar-refractivity contribution in [2.45, 2.75) is 0 Å². The molecule has 0 aliphatic carbocycles. The third kappa shape index (κ3) is 2.21. The highest BCUT2D eigenvalue weighted by Crippen LogP contribution is 2.13. The van der Waals surface area contributed by atoms with Crippen LogP contribution in [0.25, 0.3) is 0 Å². The minimum absolute atomic E-state index is 0.299. The number of nitrogens with one attached hydrogen (secondary N) is 1. The van der Waals surface area contributed by atoms with Crippen molar-refractivity contribution in [2.24, 2.45) is 5.84 Å². The molecule has 0 saturated heterocycles. The molecule has 1 amide bonds. The minimum atomic E-state index is -0.440. The average molecular weight is 216 g/mol. The van der Waals surface area contributed by atoms with E-state index in [1.165, 1.54) is 17.6 Å². The number of pyridine rings is 1. The Hall–Kier alpha value is -1.04. The molecule has 0 unspecified atom stereocenters. The SMILES string of the molecule is NNC(=O)c1cnc(C=S)c(Cl)c1. The van der Waals surface area contributed by atoms with E-state index in [9.17, 15) is 4.79 Å². The van der Waals surface area contributed by atoms with Crippen LogP contribution in [0.4, 0.5) is 0 Å². The van der Waals surface area contributed by atoms with Crippen molar-refractivity contribution < 1.29 is 4.79 Å². The lowest BCUT2D eigenvalue weighted by molar-refractivity contribution is 0.0953. The van der Waals surface area contributed by atoms with Crippen molar-refractivity contribution in [1.29, 1.82) is 0 Å². The smallest absolute Gasteiger partial charge is 0.266 e. The number of amides is 1. The van der Waals surface area contributed by atoms with Crippen LogP contribution in [0.5, 0.6) is 0 Å². The summed E-state index contributed by atoms with van der Waals surface area (Å²) < 4.78 is 0. The summed E-state index contributed by atoms with van der Waals surface area (Å²) in [5.74, 6) is 4.49. The van der Waals surface area contributed by atoms with E-state index in [-0.39, 0.29) is 0 Å². The molecule has 4 nitrogen and oxygen atoms in total. The van der Waals surface area contributed by atoms with Crippen LogP contribution >= 0.6 is 23.8 Å². The first-order valence-electron chi connectivity index (χ1n) is 3.30. The maximum atomic E-state index is 11.0. The van der Waals surface area contributed by atoms with Crippen LogP contribution in [0.15, 0.2) is 12.3 Å². The van der Waals surface area contributed by atoms with Gasteiger partial charge in [0.15, 0.2) is 0 Å². The molecule has 13 heavy (non-hydrogen) atoms. The molecule has 0 fully saturated rings. The number of aromatic nitrogens is 1. The summed E-state index contributed by atoms with van der Waals surface area (Å²) in [6.45, 7) is 0. The van der Waals surface area contributed by atoms with Crippen molar-refractivity contribution >= 4 is 35.1 Å². The number of hydrazine groups is 1. The summed E-state index contributed by atoms with van der Waals surface area (Å²) in [7, 11) is 0. The zero-order valence-electron chi connectivity index (χ0n) is 6.45. The van der Waals surface area contributed by atoms with Crippen LogP contribution in [-0.4, -0.2) is 16.3 Å². The fourth-order valence-corrected chi connectivity index (χ4v) is 1.22. The molecule has 0 radical (unpaired) electrons. The number of thiocarbonyl (C=S) groups is 1. The summed E-state index contributed by atoms with van der Waals surface area (Å²) in [4.78, 5) is 14.9. The first-order valence-corrected chi connectivity index (χ1v) is 4.15. The minimum Gasteiger partial charge on any atom is -0.290 e. The third-order valence-electron chi connectivity index (χ3n) is 1.37. The summed E-state index contributed by atoms with van der Waals surface area (Å²) in [6.07, 6.45) is 1.35. The fraction of sp³-hybridized carbons (Fsp3) is 0. The lowest BCUT2D eigenvalue weighted by Gasteiger charge is -2.00. The lowest BCUT2D eigenvalue weighted by atomic mass is 10.2. The number of hydrogen-bond acceptors (Lipinski definition) is 4. The molecule has 6 heteroatoms. The van der Waals surface area contributed by atoms with Crippen LogP contribution in [0.2, 0.25) is 5.02 Å². The maximum Gasteiger partial charge on any atom is 0.266 e. The maximum absolute atomic E-state index is 11.0. The van der Waals surface area contributed by atoms with E-state index >= 15 is 0 Å². The molecule has 0 spiro atoms. The molecule has 0 aliphatic rings. The van der Waals surface area contributed by atoms with Crippen molar-refractivity contribution in [3.05, 3.63) is 28.5 Å². The zero-order chi connectivity index (χ0) is 9.84. The normalized spacial score (nSPS) is 9.38. The van der Waals surface area contributed by atoms with Gasteiger partial charge in [0.25, 0.3) is 5.91 Å². The molecule has 0 aromatic carbocycles. The molecular weight excluding hydrogens is 210 g/mol. The molecule has 0 bridgehead atoms. The second-order valence-corrected chi connectivity index (χ2v) is 2.83. The fourth-order valence-electron chi connectivity index (χ4n) is 0.743. The summed E-state index contributed by atoms with van der Waals surface area (Å²) in [6, 6.07) is 1.45. The number of hydrogen-bond donors (Lipinski definition) is 2. The monoisotopic (exact) mass is 215 g/mol. The second kappa shape index (κ2) is 4.27. The van der Waals surface area contributed by atoms with Gasteiger partial charge in [0, 0.05) is 11.6 Å². The summed E-state index contributed by atoms with van der Waals surface area (Å²) in [5, 5.41) is 1.67. The number of halogens is 1. The van der Waals surface area contributed by atoms with Gasteiger partial charge in [-0.1, -0.05) is 23.8 Å². The van der Waals surface area contributed by atoms with Crippen LogP contribution in [0.1, 0.15) is 16.1 Å². The molecule has 1 heterocycles. The number of nitrogen functional groups attached to an aromatic ring is 1. The highest BCUT2D eigenvalue weighted by Gasteiger charge is 2.06. The quantitative estimate of drug-likeness (QED) is 0.330. The number of carbonyl (C=O) groups excluding carboxylic acids is 1. The van der Waals surface area contributed by atoms with Crippen LogP contribution in [0, 0.1) is 0 Å². The molecule has 3 N–H and O–H groups in total. The molecule has 0 aliphatic heterocycles. The first kappa shape index (κ1) is 10.0. The van der Waals surface area contributed by atoms with Crippen molar-refractivity contribution in [1.82, 2.24) is 10.4 Å². The van der Waals surface area contributed by atoms with Gasteiger partial charge >= 0.3 is 0 Å². The van der Waals surface area contributed by atoms with Gasteiger partial charge < -0.3 is 0 Å². The molecule has 68 valence electrons. The van der Waals surface area contributed by atoms with E-state index in [4.69, 9.17) is 17.4 Å². The van der Waals surface area contributed by atoms with Gasteiger partial charge in [0.05, 0.1) is 16.3 Å². The van der Waals surface area contributed by atoms with Gasteiger partial charge in [-0.05, 0) is 6.07 Å². The molecular formula is C7H6ClN3OS. The Bertz CT molecular complexity index is 356. The van der Waals surface area contributed by atoms with E-state index in [1.54, 1.807) is 0 Å². The molecule has 0 saturated carbocycles.